The van der Waals surface area contributed by atoms with Crippen molar-refractivity contribution in [3.63, 3.8) is 0 Å². The van der Waals surface area contributed by atoms with Crippen LogP contribution in [0.25, 0.3) is 0 Å². The zero-order valence-corrected chi connectivity index (χ0v) is 12.0. The van der Waals surface area contributed by atoms with E-state index in [-0.39, 0.29) is 5.91 Å². The van der Waals surface area contributed by atoms with Crippen LogP contribution in [0.5, 0.6) is 11.5 Å². The van der Waals surface area contributed by atoms with Gasteiger partial charge in [-0.25, -0.2) is 0 Å². The molecule has 0 aliphatic rings. The average Bonchev–Trinajstić information content (AvgIpc) is 2.99. The van der Waals surface area contributed by atoms with Crippen molar-refractivity contribution in [2.75, 3.05) is 19.0 Å². The van der Waals surface area contributed by atoms with E-state index >= 15 is 0 Å². The van der Waals surface area contributed by atoms with Crippen molar-refractivity contribution in [1.82, 2.24) is 15.4 Å². The fourth-order valence-electron chi connectivity index (χ4n) is 1.87. The van der Waals surface area contributed by atoms with Gasteiger partial charge in [-0.1, -0.05) is 6.07 Å². The lowest BCUT2D eigenvalue weighted by Crippen LogP contribution is -2.12. The van der Waals surface area contributed by atoms with Crippen molar-refractivity contribution in [3.8, 4) is 11.5 Å². The number of amides is 1. The Morgan fingerprint density at radius 3 is 2.90 bits per heavy atom. The Hall–Kier alpha value is -2.57. The van der Waals surface area contributed by atoms with Crippen molar-refractivity contribution in [2.24, 2.45) is 0 Å². The largest absolute Gasteiger partial charge is 0.493 e. The van der Waals surface area contributed by atoms with Crippen molar-refractivity contribution >= 4 is 11.7 Å². The molecule has 0 saturated carbocycles. The maximum absolute atomic E-state index is 11.8. The second-order valence-electron chi connectivity index (χ2n) is 4.32. The summed E-state index contributed by atoms with van der Waals surface area (Å²) in [6.07, 6.45) is 2.41. The molecule has 0 unspecified atom stereocenters. The number of ether oxygens (including phenoxy) is 2. The Balaban J connectivity index is 1.92. The number of rotatable bonds is 7. The molecule has 1 aromatic heterocycles. The maximum Gasteiger partial charge on any atom is 0.225 e. The predicted molar refractivity (Wildman–Crippen MR) is 77.5 cm³/mol. The number of nitrogens with zero attached hydrogens (tertiary/aromatic N) is 2. The number of carbonyl (C=O) groups is 1. The Labute approximate surface area is 122 Å². The van der Waals surface area contributed by atoms with Crippen LogP contribution < -0.4 is 14.8 Å². The van der Waals surface area contributed by atoms with E-state index in [0.29, 0.717) is 36.8 Å². The van der Waals surface area contributed by atoms with Gasteiger partial charge in [-0.15, -0.1) is 5.10 Å². The van der Waals surface area contributed by atoms with Gasteiger partial charge in [0.05, 0.1) is 19.9 Å². The zero-order valence-electron chi connectivity index (χ0n) is 12.0. The number of methoxy groups -OCH3 is 1. The highest BCUT2D eigenvalue weighted by Crippen LogP contribution is 2.28. The topological polar surface area (TPSA) is 89.1 Å². The van der Waals surface area contributed by atoms with Crippen molar-refractivity contribution in [3.05, 3.63) is 30.0 Å². The summed E-state index contributed by atoms with van der Waals surface area (Å²) < 4.78 is 10.7. The minimum Gasteiger partial charge on any atom is -0.493 e. The van der Waals surface area contributed by atoms with E-state index in [2.05, 4.69) is 20.7 Å². The van der Waals surface area contributed by atoms with Crippen LogP contribution in [0.4, 0.5) is 5.82 Å². The molecule has 2 rings (SSSR count). The molecule has 1 aromatic carbocycles. The van der Waals surface area contributed by atoms with Crippen molar-refractivity contribution < 1.29 is 14.3 Å². The van der Waals surface area contributed by atoms with Gasteiger partial charge in [0, 0.05) is 6.42 Å². The lowest BCUT2D eigenvalue weighted by molar-refractivity contribution is -0.116. The van der Waals surface area contributed by atoms with E-state index < -0.39 is 0 Å². The van der Waals surface area contributed by atoms with Gasteiger partial charge in [-0.3, -0.25) is 4.79 Å². The summed E-state index contributed by atoms with van der Waals surface area (Å²) >= 11 is 0. The average molecular weight is 290 g/mol. The molecule has 21 heavy (non-hydrogen) atoms. The highest BCUT2D eigenvalue weighted by molar-refractivity contribution is 5.89. The van der Waals surface area contributed by atoms with Gasteiger partial charge >= 0.3 is 0 Å². The normalized spacial score (nSPS) is 10.2. The Morgan fingerprint density at radius 1 is 1.38 bits per heavy atom. The first-order valence-electron chi connectivity index (χ1n) is 6.68. The van der Waals surface area contributed by atoms with Crippen LogP contribution in [0.1, 0.15) is 18.9 Å². The molecule has 0 spiro atoms. The summed E-state index contributed by atoms with van der Waals surface area (Å²) in [5.41, 5.74) is 1.01. The summed E-state index contributed by atoms with van der Waals surface area (Å²) in [6, 6.07) is 5.67. The highest BCUT2D eigenvalue weighted by atomic mass is 16.5. The Bertz CT molecular complexity index is 584. The Morgan fingerprint density at radius 2 is 2.24 bits per heavy atom. The number of benzene rings is 1. The second-order valence-corrected chi connectivity index (χ2v) is 4.32. The zero-order chi connectivity index (χ0) is 15.1. The minimum absolute atomic E-state index is 0.114. The van der Waals surface area contributed by atoms with Gasteiger partial charge < -0.3 is 14.8 Å². The minimum atomic E-state index is -0.114. The Kier molecular flexibility index (Phi) is 5.14. The number of H-pyrrole nitrogens is 1. The van der Waals surface area contributed by atoms with Crippen LogP contribution in [0, 0.1) is 0 Å². The number of anilines is 1. The fourth-order valence-corrected chi connectivity index (χ4v) is 1.87. The number of aromatic nitrogens is 3. The number of nitrogens with one attached hydrogen (secondary N) is 2. The molecule has 112 valence electrons. The van der Waals surface area contributed by atoms with Gasteiger partial charge in [0.15, 0.2) is 17.3 Å². The number of carbonyl (C=O) groups excluding carboxylic acids is 1. The molecule has 0 bridgehead atoms. The molecule has 1 heterocycles. The van der Waals surface area contributed by atoms with Crippen molar-refractivity contribution in [1.29, 1.82) is 0 Å². The molecular weight excluding hydrogens is 272 g/mol. The summed E-state index contributed by atoms with van der Waals surface area (Å²) in [4.78, 5) is 11.8. The van der Waals surface area contributed by atoms with Crippen molar-refractivity contribution in [2.45, 2.75) is 19.8 Å². The third kappa shape index (κ3) is 4.20. The lowest BCUT2D eigenvalue weighted by atomic mass is 10.1. The second kappa shape index (κ2) is 7.28. The lowest BCUT2D eigenvalue weighted by Gasteiger charge is -2.10. The van der Waals surface area contributed by atoms with E-state index in [0.717, 1.165) is 5.56 Å². The molecule has 0 aliphatic carbocycles. The molecule has 0 fully saturated rings. The molecule has 0 atom stereocenters. The maximum atomic E-state index is 11.8. The molecule has 2 aromatic rings. The third-order valence-corrected chi connectivity index (χ3v) is 2.85. The molecule has 0 saturated heterocycles. The van der Waals surface area contributed by atoms with Gasteiger partial charge in [-0.2, -0.15) is 10.3 Å². The molecule has 7 nitrogen and oxygen atoms in total. The highest BCUT2D eigenvalue weighted by Gasteiger charge is 2.08. The first-order chi connectivity index (χ1) is 10.2. The molecule has 2 N–H and O–H groups in total. The van der Waals surface area contributed by atoms with E-state index in [1.54, 1.807) is 7.11 Å². The smallest absolute Gasteiger partial charge is 0.225 e. The quantitative estimate of drug-likeness (QED) is 0.811. The van der Waals surface area contributed by atoms with E-state index in [4.69, 9.17) is 9.47 Å². The molecule has 1 amide bonds. The number of aryl methyl sites for hydroxylation is 1. The number of hydrogen-bond donors (Lipinski definition) is 2. The first-order valence-corrected chi connectivity index (χ1v) is 6.68. The molecular formula is C14H18N4O3. The van der Waals surface area contributed by atoms with Gasteiger partial charge in [0.2, 0.25) is 5.91 Å². The molecule has 0 aliphatic heterocycles. The first kappa shape index (κ1) is 14.8. The van der Waals surface area contributed by atoms with Crippen LogP contribution in [0.2, 0.25) is 0 Å². The molecule has 0 radical (unpaired) electrons. The monoisotopic (exact) mass is 290 g/mol. The van der Waals surface area contributed by atoms with E-state index in [1.807, 2.05) is 25.1 Å². The standard InChI is InChI=1S/C14H18N4O3/c1-3-21-11-6-4-10(8-12(11)20-2)5-7-14(19)16-13-9-15-18-17-13/h4,6,8-9H,3,5,7H2,1-2H3,(H2,15,16,17,18,19). The SMILES string of the molecule is CCOc1ccc(CCC(=O)Nc2cn[nH]n2)cc1OC. The summed E-state index contributed by atoms with van der Waals surface area (Å²) in [7, 11) is 1.60. The fraction of sp³-hybridized carbons (Fsp3) is 0.357. The van der Waals surface area contributed by atoms with Gasteiger partial charge in [0.25, 0.3) is 0 Å². The van der Waals surface area contributed by atoms with Gasteiger partial charge in [0.1, 0.15) is 0 Å². The number of hydrogen-bond acceptors (Lipinski definition) is 5. The predicted octanol–water partition coefficient (Wildman–Crippen LogP) is 1.78. The third-order valence-electron chi connectivity index (χ3n) is 2.85. The number of aromatic amines is 1. The van der Waals surface area contributed by atoms with Crippen LogP contribution in [-0.4, -0.2) is 35.0 Å². The van der Waals surface area contributed by atoms with Crippen LogP contribution >= 0.6 is 0 Å². The van der Waals surface area contributed by atoms with E-state index in [9.17, 15) is 4.79 Å². The van der Waals surface area contributed by atoms with Crippen LogP contribution in [-0.2, 0) is 11.2 Å². The summed E-state index contributed by atoms with van der Waals surface area (Å²) in [5, 5.41) is 12.5. The summed E-state index contributed by atoms with van der Waals surface area (Å²) in [6.45, 7) is 2.50. The van der Waals surface area contributed by atoms with Crippen LogP contribution in [0.15, 0.2) is 24.4 Å². The van der Waals surface area contributed by atoms with Gasteiger partial charge in [-0.05, 0) is 31.0 Å². The van der Waals surface area contributed by atoms with E-state index in [1.165, 1.54) is 6.20 Å². The summed E-state index contributed by atoms with van der Waals surface area (Å²) in [5.74, 6) is 1.68. The molecule has 7 heteroatoms. The van der Waals surface area contributed by atoms with Crippen LogP contribution in [0.3, 0.4) is 0 Å².